The first kappa shape index (κ1) is 15.0. The van der Waals surface area contributed by atoms with Crippen LogP contribution in [0, 0.1) is 0 Å². The summed E-state index contributed by atoms with van der Waals surface area (Å²) >= 11 is 0. The Morgan fingerprint density at radius 2 is 1.78 bits per heavy atom. The molecule has 1 N–H and O–H groups in total. The highest BCUT2D eigenvalue weighted by atomic mass is 16.5. The molecule has 0 atom stereocenters. The van der Waals surface area contributed by atoms with Crippen LogP contribution in [0.2, 0.25) is 0 Å². The summed E-state index contributed by atoms with van der Waals surface area (Å²) in [4.78, 5) is 14.3. The van der Waals surface area contributed by atoms with Gasteiger partial charge >= 0.3 is 0 Å². The molecule has 1 heterocycles. The van der Waals surface area contributed by atoms with Crippen molar-refractivity contribution in [3.63, 3.8) is 0 Å². The Kier molecular flexibility index (Phi) is 3.70. The monoisotopic (exact) mass is 311 g/mol. The van der Waals surface area contributed by atoms with Crippen LogP contribution in [-0.2, 0) is 0 Å². The van der Waals surface area contributed by atoms with Crippen molar-refractivity contribution >= 4 is 16.7 Å². The number of hydrogen-bond acceptors (Lipinski definition) is 5. The number of anilines is 1. The average Bonchev–Trinajstić information content (AvgIpc) is 2.55. The Bertz CT molecular complexity index is 911. The van der Waals surface area contributed by atoms with Crippen molar-refractivity contribution in [2.24, 2.45) is 0 Å². The molecule has 5 heteroatoms. The molecule has 0 saturated carbocycles. The van der Waals surface area contributed by atoms with E-state index in [1.807, 2.05) is 43.3 Å². The minimum atomic E-state index is -0.212. The van der Waals surface area contributed by atoms with Gasteiger partial charge in [0.1, 0.15) is 5.76 Å². The zero-order valence-electron chi connectivity index (χ0n) is 13.2. The van der Waals surface area contributed by atoms with Gasteiger partial charge in [0, 0.05) is 31.4 Å². The summed E-state index contributed by atoms with van der Waals surface area (Å²) in [5.74, 6) is 0.492. The standard InChI is InChI=1S/C18H17NO4/c1-19(2)12-6-4-11(5-7-12)16-10-14(20)13-8-9-15(22-3)17(21)18(13)23-16/h4-10,21H,1-3H3. The van der Waals surface area contributed by atoms with E-state index in [2.05, 4.69) is 0 Å². The Balaban J connectivity index is 2.18. The van der Waals surface area contributed by atoms with E-state index < -0.39 is 0 Å². The predicted octanol–water partition coefficient (Wildman–Crippen LogP) is 3.24. The molecule has 23 heavy (non-hydrogen) atoms. The van der Waals surface area contributed by atoms with E-state index >= 15 is 0 Å². The van der Waals surface area contributed by atoms with Crippen molar-refractivity contribution < 1.29 is 14.3 Å². The van der Waals surface area contributed by atoms with Gasteiger partial charge in [0.15, 0.2) is 16.8 Å². The van der Waals surface area contributed by atoms with Crippen LogP contribution in [0.15, 0.2) is 51.7 Å². The van der Waals surface area contributed by atoms with Crippen molar-refractivity contribution in [1.82, 2.24) is 0 Å². The van der Waals surface area contributed by atoms with E-state index in [0.717, 1.165) is 11.3 Å². The second kappa shape index (κ2) is 5.68. The summed E-state index contributed by atoms with van der Waals surface area (Å²) in [6.07, 6.45) is 0. The first-order valence-electron chi connectivity index (χ1n) is 7.13. The first-order chi connectivity index (χ1) is 11.0. The third-order valence-electron chi connectivity index (χ3n) is 3.72. The zero-order valence-corrected chi connectivity index (χ0v) is 13.2. The Morgan fingerprint density at radius 3 is 2.39 bits per heavy atom. The normalized spacial score (nSPS) is 10.7. The molecule has 0 fully saturated rings. The molecule has 0 unspecified atom stereocenters. The molecule has 0 aliphatic carbocycles. The number of benzene rings is 2. The van der Waals surface area contributed by atoms with Gasteiger partial charge in [-0.1, -0.05) is 0 Å². The summed E-state index contributed by atoms with van der Waals surface area (Å²) in [5.41, 5.74) is 1.72. The quantitative estimate of drug-likeness (QED) is 0.804. The predicted molar refractivity (Wildman–Crippen MR) is 90.5 cm³/mol. The number of rotatable bonds is 3. The minimum absolute atomic E-state index is 0.128. The Morgan fingerprint density at radius 1 is 1.09 bits per heavy atom. The van der Waals surface area contributed by atoms with E-state index in [-0.39, 0.29) is 22.5 Å². The van der Waals surface area contributed by atoms with Crippen LogP contribution in [0.1, 0.15) is 0 Å². The SMILES string of the molecule is COc1ccc2c(=O)cc(-c3ccc(N(C)C)cc3)oc2c1O. The Hall–Kier alpha value is -2.95. The number of aromatic hydroxyl groups is 1. The second-order valence-electron chi connectivity index (χ2n) is 5.41. The zero-order chi connectivity index (χ0) is 16.6. The molecule has 0 aliphatic rings. The first-order valence-corrected chi connectivity index (χ1v) is 7.13. The van der Waals surface area contributed by atoms with Crippen LogP contribution in [0.25, 0.3) is 22.3 Å². The molecule has 3 rings (SSSR count). The summed E-state index contributed by atoms with van der Waals surface area (Å²) < 4.78 is 10.8. The number of ether oxygens (including phenoxy) is 1. The van der Waals surface area contributed by atoms with Crippen LogP contribution in [0.5, 0.6) is 11.5 Å². The van der Waals surface area contributed by atoms with E-state index in [0.29, 0.717) is 11.1 Å². The molecule has 0 amide bonds. The van der Waals surface area contributed by atoms with Gasteiger partial charge in [0.25, 0.3) is 0 Å². The van der Waals surface area contributed by atoms with Gasteiger partial charge in [-0.25, -0.2) is 0 Å². The fourth-order valence-corrected chi connectivity index (χ4v) is 2.42. The summed E-state index contributed by atoms with van der Waals surface area (Å²) in [5, 5.41) is 10.5. The maximum Gasteiger partial charge on any atom is 0.202 e. The topological polar surface area (TPSA) is 62.9 Å². The van der Waals surface area contributed by atoms with Gasteiger partial charge in [-0.05, 0) is 36.4 Å². The minimum Gasteiger partial charge on any atom is -0.502 e. The smallest absolute Gasteiger partial charge is 0.202 e. The fraction of sp³-hybridized carbons (Fsp3) is 0.167. The van der Waals surface area contributed by atoms with Crippen LogP contribution < -0.4 is 15.1 Å². The van der Waals surface area contributed by atoms with Gasteiger partial charge in [-0.2, -0.15) is 0 Å². The number of phenolic OH excluding ortho intramolecular Hbond substituents is 1. The molecule has 0 radical (unpaired) electrons. The number of phenols is 1. The van der Waals surface area contributed by atoms with Gasteiger partial charge in [-0.3, -0.25) is 4.79 Å². The van der Waals surface area contributed by atoms with Crippen molar-refractivity contribution in [1.29, 1.82) is 0 Å². The summed E-state index contributed by atoms with van der Waals surface area (Å²) in [6, 6.07) is 12.2. The summed E-state index contributed by atoms with van der Waals surface area (Å²) in [7, 11) is 5.35. The lowest BCUT2D eigenvalue weighted by Crippen LogP contribution is -2.08. The molecule has 118 valence electrons. The number of fused-ring (bicyclic) bond motifs is 1. The van der Waals surface area contributed by atoms with Gasteiger partial charge < -0.3 is 19.2 Å². The third kappa shape index (κ3) is 2.61. The van der Waals surface area contributed by atoms with Crippen LogP contribution in [0.3, 0.4) is 0 Å². The lowest BCUT2D eigenvalue weighted by molar-refractivity contribution is 0.371. The summed E-state index contributed by atoms with van der Waals surface area (Å²) in [6.45, 7) is 0. The highest BCUT2D eigenvalue weighted by molar-refractivity contribution is 5.86. The molecule has 0 saturated heterocycles. The van der Waals surface area contributed by atoms with Crippen molar-refractivity contribution in [2.75, 3.05) is 26.1 Å². The van der Waals surface area contributed by atoms with E-state index in [1.54, 1.807) is 12.1 Å². The lowest BCUT2D eigenvalue weighted by Gasteiger charge is -2.12. The van der Waals surface area contributed by atoms with Gasteiger partial charge in [-0.15, -0.1) is 0 Å². The van der Waals surface area contributed by atoms with Crippen LogP contribution >= 0.6 is 0 Å². The molecule has 1 aromatic heterocycles. The Labute approximate surface area is 133 Å². The second-order valence-corrected chi connectivity index (χ2v) is 5.41. The molecule has 0 bridgehead atoms. The average molecular weight is 311 g/mol. The van der Waals surface area contributed by atoms with Crippen LogP contribution in [0.4, 0.5) is 5.69 Å². The molecular weight excluding hydrogens is 294 g/mol. The molecule has 2 aromatic carbocycles. The van der Waals surface area contributed by atoms with Crippen LogP contribution in [-0.4, -0.2) is 26.3 Å². The van der Waals surface area contributed by atoms with Gasteiger partial charge in [0.2, 0.25) is 5.75 Å². The maximum atomic E-state index is 12.3. The molecule has 5 nitrogen and oxygen atoms in total. The number of hydrogen-bond donors (Lipinski definition) is 1. The number of nitrogens with zero attached hydrogens (tertiary/aromatic N) is 1. The van der Waals surface area contributed by atoms with E-state index in [4.69, 9.17) is 9.15 Å². The highest BCUT2D eigenvalue weighted by Crippen LogP contribution is 2.35. The molecule has 3 aromatic rings. The number of methoxy groups -OCH3 is 1. The molecular formula is C18H17NO4. The van der Waals surface area contributed by atoms with E-state index in [1.165, 1.54) is 13.2 Å². The fourth-order valence-electron chi connectivity index (χ4n) is 2.42. The lowest BCUT2D eigenvalue weighted by atomic mass is 10.1. The van der Waals surface area contributed by atoms with Gasteiger partial charge in [0.05, 0.1) is 12.5 Å². The molecule has 0 aliphatic heterocycles. The van der Waals surface area contributed by atoms with Crippen molar-refractivity contribution in [3.05, 3.63) is 52.7 Å². The maximum absolute atomic E-state index is 12.3. The van der Waals surface area contributed by atoms with Crippen molar-refractivity contribution in [2.45, 2.75) is 0 Å². The van der Waals surface area contributed by atoms with Crippen molar-refractivity contribution in [3.8, 4) is 22.8 Å². The third-order valence-corrected chi connectivity index (χ3v) is 3.72. The molecule has 0 spiro atoms. The highest BCUT2D eigenvalue weighted by Gasteiger charge is 2.14. The van der Waals surface area contributed by atoms with E-state index in [9.17, 15) is 9.90 Å². The largest absolute Gasteiger partial charge is 0.502 e.